The van der Waals surface area contributed by atoms with E-state index in [4.69, 9.17) is 0 Å². The summed E-state index contributed by atoms with van der Waals surface area (Å²) in [6, 6.07) is 12.7. The van der Waals surface area contributed by atoms with Gasteiger partial charge >= 0.3 is 6.03 Å². The van der Waals surface area contributed by atoms with Crippen LogP contribution in [0.25, 0.3) is 11.1 Å². The Morgan fingerprint density at radius 3 is 2.62 bits per heavy atom. The summed E-state index contributed by atoms with van der Waals surface area (Å²) in [5.41, 5.74) is 2.94. The quantitative estimate of drug-likeness (QED) is 0.655. The minimum absolute atomic E-state index is 0.0925. The Morgan fingerprint density at radius 1 is 1.17 bits per heavy atom. The second-order valence-corrected chi connectivity index (χ2v) is 7.98. The first kappa shape index (κ1) is 21.3. The molecule has 1 N–H and O–H groups in total. The number of unbranched alkanes of at least 4 members (excludes halogenated alkanes) is 1. The molecule has 0 radical (unpaired) electrons. The molecule has 5 heteroatoms. The van der Waals surface area contributed by atoms with Gasteiger partial charge in [-0.25, -0.2) is 9.18 Å². The van der Waals surface area contributed by atoms with E-state index >= 15 is 0 Å². The van der Waals surface area contributed by atoms with Crippen molar-refractivity contribution in [3.63, 3.8) is 0 Å². The molecule has 3 rings (SSSR count). The van der Waals surface area contributed by atoms with Crippen molar-refractivity contribution in [3.05, 3.63) is 59.4 Å². The molecule has 0 aliphatic carbocycles. The topological polar surface area (TPSA) is 43.8 Å². The van der Waals surface area contributed by atoms with Crippen LogP contribution in [-0.4, -0.2) is 47.6 Å². The normalized spacial score (nSPS) is 14.8. The molecule has 0 saturated carbocycles. The fourth-order valence-electron chi connectivity index (χ4n) is 4.01. The monoisotopic (exact) mass is 398 g/mol. The highest BCUT2D eigenvalue weighted by atomic mass is 19.1. The predicted molar refractivity (Wildman–Crippen MR) is 114 cm³/mol. The lowest BCUT2D eigenvalue weighted by molar-refractivity contribution is 0.158. The Labute approximate surface area is 173 Å². The van der Waals surface area contributed by atoms with Gasteiger partial charge in [-0.1, -0.05) is 42.0 Å². The summed E-state index contributed by atoms with van der Waals surface area (Å²) < 4.78 is 14.6. The van der Waals surface area contributed by atoms with Crippen LogP contribution in [0.5, 0.6) is 0 Å². The molecular formula is C24H31FN2O2. The molecule has 4 nitrogen and oxygen atoms in total. The molecule has 1 unspecified atom stereocenters. The highest BCUT2D eigenvalue weighted by molar-refractivity contribution is 5.74. The summed E-state index contributed by atoms with van der Waals surface area (Å²) in [4.78, 5) is 16.0. The summed E-state index contributed by atoms with van der Waals surface area (Å²) in [5.74, 6) is -0.317. The zero-order valence-electron chi connectivity index (χ0n) is 17.4. The van der Waals surface area contributed by atoms with Crippen molar-refractivity contribution < 1.29 is 14.3 Å². The lowest BCUT2D eigenvalue weighted by atomic mass is 9.92. The summed E-state index contributed by atoms with van der Waals surface area (Å²) in [7, 11) is 1.83. The number of aryl methyl sites for hydroxylation is 1. The highest BCUT2D eigenvalue weighted by Crippen LogP contribution is 2.33. The van der Waals surface area contributed by atoms with Crippen LogP contribution in [0.2, 0.25) is 0 Å². The van der Waals surface area contributed by atoms with Crippen molar-refractivity contribution in [2.75, 3.05) is 26.7 Å². The number of hydrogen-bond acceptors (Lipinski definition) is 2. The Balaban J connectivity index is 1.58. The molecule has 1 saturated heterocycles. The van der Waals surface area contributed by atoms with Crippen LogP contribution in [0, 0.1) is 12.7 Å². The van der Waals surface area contributed by atoms with Crippen molar-refractivity contribution in [2.45, 2.75) is 45.1 Å². The van der Waals surface area contributed by atoms with Gasteiger partial charge in [-0.2, -0.15) is 0 Å². The number of carbonyl (C=O) groups is 1. The molecule has 0 aromatic heterocycles. The molecule has 1 aliphatic heterocycles. The molecule has 2 aromatic rings. The zero-order chi connectivity index (χ0) is 20.8. The largest absolute Gasteiger partial charge is 0.388 e. The number of rotatable bonds is 7. The van der Waals surface area contributed by atoms with Gasteiger partial charge in [0.1, 0.15) is 5.82 Å². The number of likely N-dealkylation sites (tertiary alicyclic amines) is 1. The average molecular weight is 399 g/mol. The van der Waals surface area contributed by atoms with Gasteiger partial charge in [-0.3, -0.25) is 0 Å². The van der Waals surface area contributed by atoms with Gasteiger partial charge in [-0.15, -0.1) is 0 Å². The zero-order valence-corrected chi connectivity index (χ0v) is 17.4. The fourth-order valence-corrected chi connectivity index (χ4v) is 4.01. The van der Waals surface area contributed by atoms with Crippen LogP contribution in [0.15, 0.2) is 42.5 Å². The number of nitrogens with zero attached hydrogens (tertiary/aromatic N) is 2. The number of carbonyl (C=O) groups excluding carboxylic acids is 1. The minimum Gasteiger partial charge on any atom is -0.388 e. The van der Waals surface area contributed by atoms with Gasteiger partial charge in [0.2, 0.25) is 0 Å². The molecule has 1 aliphatic rings. The third-order valence-electron chi connectivity index (χ3n) is 5.64. The Bertz CT molecular complexity index is 833. The van der Waals surface area contributed by atoms with Crippen LogP contribution in [0.1, 0.15) is 49.3 Å². The first-order valence-corrected chi connectivity index (χ1v) is 10.5. The van der Waals surface area contributed by atoms with E-state index in [-0.39, 0.29) is 11.8 Å². The number of hydrogen-bond donors (Lipinski definition) is 1. The lowest BCUT2D eigenvalue weighted by Crippen LogP contribution is -2.39. The highest BCUT2D eigenvalue weighted by Gasteiger charge is 2.21. The molecule has 2 amide bonds. The van der Waals surface area contributed by atoms with Crippen LogP contribution in [0.3, 0.4) is 0 Å². The maximum absolute atomic E-state index is 14.6. The standard InChI is InChI=1S/C24H31FN2O2/c1-18-9-7-10-19(17-18)23-20(11-8-12-21(23)25)22(28)13-3-4-14-26(2)24(29)27-15-5-6-16-27/h7-12,17,22,28H,3-6,13-16H2,1-2H3. The molecule has 156 valence electrons. The summed E-state index contributed by atoms with van der Waals surface area (Å²) in [6.45, 7) is 4.34. The Kier molecular flexibility index (Phi) is 7.26. The van der Waals surface area contributed by atoms with Gasteiger partial charge in [0, 0.05) is 32.2 Å². The third-order valence-corrected chi connectivity index (χ3v) is 5.64. The van der Waals surface area contributed by atoms with Gasteiger partial charge in [0.25, 0.3) is 0 Å². The maximum Gasteiger partial charge on any atom is 0.319 e. The molecular weight excluding hydrogens is 367 g/mol. The molecule has 1 fully saturated rings. The van der Waals surface area contributed by atoms with Crippen molar-refractivity contribution in [2.24, 2.45) is 0 Å². The summed E-state index contributed by atoms with van der Waals surface area (Å²) in [6.07, 6.45) is 3.55. The molecule has 0 spiro atoms. The van der Waals surface area contributed by atoms with Gasteiger partial charge in [-0.05, 0) is 56.2 Å². The van der Waals surface area contributed by atoms with Crippen molar-refractivity contribution in [1.82, 2.24) is 9.80 Å². The third kappa shape index (κ3) is 5.36. The first-order chi connectivity index (χ1) is 14.0. The molecule has 1 heterocycles. The van der Waals surface area contributed by atoms with E-state index in [1.807, 2.05) is 43.1 Å². The van der Waals surface area contributed by atoms with Crippen molar-refractivity contribution in [3.8, 4) is 11.1 Å². The summed E-state index contributed by atoms with van der Waals surface area (Å²) >= 11 is 0. The number of amides is 2. The van der Waals surface area contributed by atoms with Crippen LogP contribution in [0.4, 0.5) is 9.18 Å². The molecule has 0 bridgehead atoms. The Morgan fingerprint density at radius 2 is 1.90 bits per heavy atom. The maximum atomic E-state index is 14.6. The summed E-state index contributed by atoms with van der Waals surface area (Å²) in [5, 5.41) is 10.7. The van der Waals surface area contributed by atoms with Gasteiger partial charge in [0.15, 0.2) is 0 Å². The second kappa shape index (κ2) is 9.88. The number of aliphatic hydroxyl groups excluding tert-OH is 1. The molecule has 2 aromatic carbocycles. The van der Waals surface area contributed by atoms with E-state index in [0.717, 1.165) is 49.9 Å². The SMILES string of the molecule is Cc1cccc(-c2c(F)cccc2C(O)CCCCN(C)C(=O)N2CCCC2)c1. The van der Waals surface area contributed by atoms with E-state index in [1.54, 1.807) is 17.0 Å². The second-order valence-electron chi connectivity index (χ2n) is 7.98. The molecule has 1 atom stereocenters. The Hall–Kier alpha value is -2.40. The fraction of sp³-hybridized carbons (Fsp3) is 0.458. The number of urea groups is 1. The smallest absolute Gasteiger partial charge is 0.319 e. The van der Waals surface area contributed by atoms with E-state index in [0.29, 0.717) is 24.1 Å². The first-order valence-electron chi connectivity index (χ1n) is 10.5. The van der Waals surface area contributed by atoms with Crippen molar-refractivity contribution in [1.29, 1.82) is 0 Å². The van der Waals surface area contributed by atoms with Crippen LogP contribution < -0.4 is 0 Å². The van der Waals surface area contributed by atoms with Gasteiger partial charge in [0.05, 0.1) is 6.10 Å². The number of halogens is 1. The van der Waals surface area contributed by atoms with Crippen LogP contribution >= 0.6 is 0 Å². The number of aliphatic hydroxyl groups is 1. The van der Waals surface area contributed by atoms with E-state index in [1.165, 1.54) is 6.07 Å². The van der Waals surface area contributed by atoms with Crippen LogP contribution in [-0.2, 0) is 0 Å². The molecule has 29 heavy (non-hydrogen) atoms. The van der Waals surface area contributed by atoms with Crippen molar-refractivity contribution >= 4 is 6.03 Å². The number of benzene rings is 2. The minimum atomic E-state index is -0.735. The van der Waals surface area contributed by atoms with E-state index < -0.39 is 6.10 Å². The average Bonchev–Trinajstić information content (AvgIpc) is 3.25. The lowest BCUT2D eigenvalue weighted by Gasteiger charge is -2.24. The predicted octanol–water partition coefficient (Wildman–Crippen LogP) is 5.15. The van der Waals surface area contributed by atoms with Gasteiger partial charge < -0.3 is 14.9 Å². The van der Waals surface area contributed by atoms with E-state index in [2.05, 4.69) is 0 Å². The van der Waals surface area contributed by atoms with E-state index in [9.17, 15) is 14.3 Å².